The molecule has 0 aliphatic carbocycles. The standard InChI is InChI=1S/C11H24N2O/c1-6-8-13-10(12)9(14-7-2)11(3,4)5/h9H,6-8H2,1-5H3,(H2,12,13). The summed E-state index contributed by atoms with van der Waals surface area (Å²) in [5, 5.41) is 0. The zero-order chi connectivity index (χ0) is 11.2. The molecule has 0 fully saturated rings. The van der Waals surface area contributed by atoms with Crippen molar-refractivity contribution in [2.45, 2.75) is 47.1 Å². The summed E-state index contributed by atoms with van der Waals surface area (Å²) in [6.45, 7) is 11.9. The van der Waals surface area contributed by atoms with Gasteiger partial charge in [-0.15, -0.1) is 0 Å². The molecular formula is C11H24N2O. The molecule has 0 radical (unpaired) electrons. The lowest BCUT2D eigenvalue weighted by Crippen LogP contribution is -2.41. The van der Waals surface area contributed by atoms with Crippen molar-refractivity contribution in [2.24, 2.45) is 16.1 Å². The highest BCUT2D eigenvalue weighted by Crippen LogP contribution is 2.22. The highest BCUT2D eigenvalue weighted by molar-refractivity contribution is 5.85. The third-order valence-electron chi connectivity index (χ3n) is 1.91. The summed E-state index contributed by atoms with van der Waals surface area (Å²) in [5.74, 6) is 0.626. The molecule has 0 aliphatic heterocycles. The van der Waals surface area contributed by atoms with Gasteiger partial charge in [-0.2, -0.15) is 0 Å². The van der Waals surface area contributed by atoms with Gasteiger partial charge in [0.25, 0.3) is 0 Å². The first kappa shape index (κ1) is 13.4. The average molecular weight is 200 g/mol. The maximum Gasteiger partial charge on any atom is 0.124 e. The summed E-state index contributed by atoms with van der Waals surface area (Å²) in [7, 11) is 0. The number of rotatable bonds is 5. The summed E-state index contributed by atoms with van der Waals surface area (Å²) in [5.41, 5.74) is 5.91. The molecule has 14 heavy (non-hydrogen) atoms. The van der Waals surface area contributed by atoms with Gasteiger partial charge in [0.05, 0.1) is 0 Å². The smallest absolute Gasteiger partial charge is 0.124 e. The summed E-state index contributed by atoms with van der Waals surface area (Å²) >= 11 is 0. The number of ether oxygens (including phenoxy) is 1. The Balaban J connectivity index is 4.48. The summed E-state index contributed by atoms with van der Waals surface area (Å²) in [4.78, 5) is 4.30. The predicted molar refractivity (Wildman–Crippen MR) is 61.6 cm³/mol. The van der Waals surface area contributed by atoms with E-state index < -0.39 is 0 Å². The minimum atomic E-state index is -0.0703. The fourth-order valence-electron chi connectivity index (χ4n) is 1.27. The van der Waals surface area contributed by atoms with Gasteiger partial charge >= 0.3 is 0 Å². The van der Waals surface area contributed by atoms with Crippen LogP contribution in [-0.4, -0.2) is 25.1 Å². The van der Waals surface area contributed by atoms with Crippen LogP contribution in [0.15, 0.2) is 4.99 Å². The molecule has 0 aromatic carbocycles. The second-order valence-corrected chi connectivity index (χ2v) is 4.51. The fourth-order valence-corrected chi connectivity index (χ4v) is 1.27. The van der Waals surface area contributed by atoms with Crippen molar-refractivity contribution in [3.63, 3.8) is 0 Å². The van der Waals surface area contributed by atoms with Gasteiger partial charge in [-0.1, -0.05) is 27.7 Å². The topological polar surface area (TPSA) is 47.6 Å². The lowest BCUT2D eigenvalue weighted by Gasteiger charge is -2.29. The Morgan fingerprint density at radius 3 is 2.29 bits per heavy atom. The molecule has 0 amide bonds. The van der Waals surface area contributed by atoms with Crippen molar-refractivity contribution in [3.8, 4) is 0 Å². The monoisotopic (exact) mass is 200 g/mol. The molecule has 0 aromatic rings. The van der Waals surface area contributed by atoms with Crippen molar-refractivity contribution < 1.29 is 4.74 Å². The number of hydrogen-bond acceptors (Lipinski definition) is 2. The van der Waals surface area contributed by atoms with Crippen LogP contribution in [0.3, 0.4) is 0 Å². The van der Waals surface area contributed by atoms with Gasteiger partial charge in [-0.05, 0) is 18.8 Å². The van der Waals surface area contributed by atoms with E-state index in [1.54, 1.807) is 0 Å². The van der Waals surface area contributed by atoms with E-state index in [0.717, 1.165) is 13.0 Å². The first-order valence-electron chi connectivity index (χ1n) is 5.34. The fraction of sp³-hybridized carbons (Fsp3) is 0.909. The lowest BCUT2D eigenvalue weighted by molar-refractivity contribution is 0.0353. The van der Waals surface area contributed by atoms with Crippen LogP contribution < -0.4 is 5.73 Å². The second-order valence-electron chi connectivity index (χ2n) is 4.51. The van der Waals surface area contributed by atoms with Gasteiger partial charge in [-0.3, -0.25) is 4.99 Å². The van der Waals surface area contributed by atoms with Crippen molar-refractivity contribution in [3.05, 3.63) is 0 Å². The van der Waals surface area contributed by atoms with Gasteiger partial charge in [0.15, 0.2) is 0 Å². The number of hydrogen-bond donors (Lipinski definition) is 1. The zero-order valence-electron chi connectivity index (χ0n) is 10.1. The van der Waals surface area contributed by atoms with E-state index in [4.69, 9.17) is 10.5 Å². The molecule has 3 nitrogen and oxygen atoms in total. The van der Waals surface area contributed by atoms with Crippen molar-refractivity contribution in [1.29, 1.82) is 0 Å². The Bertz CT molecular complexity index is 182. The summed E-state index contributed by atoms with van der Waals surface area (Å²) in [6.07, 6.45) is 0.947. The Morgan fingerprint density at radius 2 is 1.93 bits per heavy atom. The van der Waals surface area contributed by atoms with E-state index in [9.17, 15) is 0 Å². The first-order chi connectivity index (χ1) is 6.43. The van der Waals surface area contributed by atoms with Crippen molar-refractivity contribution >= 4 is 5.84 Å². The third-order valence-corrected chi connectivity index (χ3v) is 1.91. The van der Waals surface area contributed by atoms with Crippen LogP contribution in [0.2, 0.25) is 0 Å². The molecule has 0 aliphatic rings. The largest absolute Gasteiger partial charge is 0.385 e. The van der Waals surface area contributed by atoms with Crippen LogP contribution in [0.4, 0.5) is 0 Å². The quantitative estimate of drug-likeness (QED) is 0.546. The number of nitrogens with two attached hydrogens (primary N) is 1. The minimum Gasteiger partial charge on any atom is -0.385 e. The number of aliphatic imine (C=N–C) groups is 1. The van der Waals surface area contributed by atoms with Gasteiger partial charge in [0.1, 0.15) is 11.9 Å². The number of amidine groups is 1. The van der Waals surface area contributed by atoms with Gasteiger partial charge in [0, 0.05) is 13.2 Å². The lowest BCUT2D eigenvalue weighted by atomic mass is 9.88. The Hall–Kier alpha value is -0.570. The van der Waals surface area contributed by atoms with E-state index in [1.165, 1.54) is 0 Å². The highest BCUT2D eigenvalue weighted by Gasteiger charge is 2.28. The van der Waals surface area contributed by atoms with E-state index in [1.807, 2.05) is 6.92 Å². The minimum absolute atomic E-state index is 0.0112. The van der Waals surface area contributed by atoms with Gasteiger partial charge in [-0.25, -0.2) is 0 Å². The molecule has 0 bridgehead atoms. The van der Waals surface area contributed by atoms with Crippen LogP contribution in [0.25, 0.3) is 0 Å². The van der Waals surface area contributed by atoms with Crippen LogP contribution in [0.5, 0.6) is 0 Å². The molecule has 0 heterocycles. The Morgan fingerprint density at radius 1 is 1.36 bits per heavy atom. The summed E-state index contributed by atoms with van der Waals surface area (Å²) < 4.78 is 5.61. The van der Waals surface area contributed by atoms with E-state index >= 15 is 0 Å². The van der Waals surface area contributed by atoms with Crippen molar-refractivity contribution in [1.82, 2.24) is 0 Å². The molecule has 0 rings (SSSR count). The van der Waals surface area contributed by atoms with Crippen LogP contribution in [0.1, 0.15) is 41.0 Å². The van der Waals surface area contributed by atoms with E-state index in [-0.39, 0.29) is 11.5 Å². The number of nitrogens with zero attached hydrogens (tertiary/aromatic N) is 1. The maximum atomic E-state index is 5.90. The van der Waals surface area contributed by atoms with Gasteiger partial charge < -0.3 is 10.5 Å². The molecule has 0 aromatic heterocycles. The molecule has 2 N–H and O–H groups in total. The molecule has 0 saturated heterocycles. The summed E-state index contributed by atoms with van der Waals surface area (Å²) in [6, 6.07) is 0. The first-order valence-corrected chi connectivity index (χ1v) is 5.34. The predicted octanol–water partition coefficient (Wildman–Crippen LogP) is 2.20. The third kappa shape index (κ3) is 4.61. The molecular weight excluding hydrogens is 176 g/mol. The van der Waals surface area contributed by atoms with E-state index in [0.29, 0.717) is 12.4 Å². The van der Waals surface area contributed by atoms with Crippen molar-refractivity contribution in [2.75, 3.05) is 13.2 Å². The average Bonchev–Trinajstić information content (AvgIpc) is 2.08. The van der Waals surface area contributed by atoms with Crippen LogP contribution >= 0.6 is 0 Å². The molecule has 0 spiro atoms. The molecule has 3 heteroatoms. The zero-order valence-corrected chi connectivity index (χ0v) is 10.1. The molecule has 1 unspecified atom stereocenters. The Labute approximate surface area is 87.7 Å². The van der Waals surface area contributed by atoms with Crippen LogP contribution in [0, 0.1) is 5.41 Å². The normalized spacial score (nSPS) is 15.6. The van der Waals surface area contributed by atoms with E-state index in [2.05, 4.69) is 32.7 Å². The second kappa shape index (κ2) is 6.02. The molecule has 84 valence electrons. The highest BCUT2D eigenvalue weighted by atomic mass is 16.5. The van der Waals surface area contributed by atoms with Gasteiger partial charge in [0.2, 0.25) is 0 Å². The molecule has 1 atom stereocenters. The Kier molecular flexibility index (Phi) is 5.77. The molecule has 0 saturated carbocycles. The SMILES string of the molecule is CCCN=C(N)C(OCC)C(C)(C)C. The maximum absolute atomic E-state index is 5.90. The van der Waals surface area contributed by atoms with Crippen LogP contribution in [-0.2, 0) is 4.74 Å².